The van der Waals surface area contributed by atoms with Gasteiger partial charge in [0.05, 0.1) is 11.1 Å². The highest BCUT2D eigenvalue weighted by Crippen LogP contribution is 2.36. The second kappa shape index (κ2) is 5.22. The van der Waals surface area contributed by atoms with Crippen LogP contribution in [0, 0.1) is 0 Å². The van der Waals surface area contributed by atoms with E-state index in [1.54, 1.807) is 4.72 Å². The lowest BCUT2D eigenvalue weighted by molar-refractivity contribution is -0.143. The maximum absolute atomic E-state index is 12.5. The minimum Gasteiger partial charge on any atom is -0.216 e. The molecule has 0 aromatic heterocycles. The Hall–Kier alpha value is -1.33. The number of nitrogens with two attached hydrogens (primary N) is 1. The summed E-state index contributed by atoms with van der Waals surface area (Å²) in [5, 5.41) is 4.55. The molecule has 20 heavy (non-hydrogen) atoms. The molecular formula is C9H8F6N2O2S. The standard InChI is InChI=1S/C9H8F6N2O2S/c10-8(11,12)6-1-5(4-17-20(16,18)19)2-7(3-6)9(13,14)15/h1-3,17H,4H2,(H2,16,18,19). The summed E-state index contributed by atoms with van der Waals surface area (Å²) in [6.07, 6.45) is -9.98. The van der Waals surface area contributed by atoms with Gasteiger partial charge < -0.3 is 0 Å². The van der Waals surface area contributed by atoms with Gasteiger partial charge in [0.1, 0.15) is 0 Å². The van der Waals surface area contributed by atoms with Crippen molar-refractivity contribution in [3.8, 4) is 0 Å². The van der Waals surface area contributed by atoms with Gasteiger partial charge >= 0.3 is 12.4 Å². The average Bonchev–Trinajstić information content (AvgIpc) is 2.22. The van der Waals surface area contributed by atoms with Crippen molar-refractivity contribution in [1.29, 1.82) is 0 Å². The Balaban J connectivity index is 3.24. The molecular weight excluding hydrogens is 314 g/mol. The minimum absolute atomic E-state index is 0.0551. The van der Waals surface area contributed by atoms with E-state index in [0.29, 0.717) is 12.1 Å². The van der Waals surface area contributed by atoms with E-state index in [-0.39, 0.29) is 6.07 Å². The van der Waals surface area contributed by atoms with Crippen LogP contribution in [0.4, 0.5) is 26.3 Å². The third-order valence-electron chi connectivity index (χ3n) is 2.12. The van der Waals surface area contributed by atoms with Crippen LogP contribution < -0.4 is 9.86 Å². The first-order valence-electron chi connectivity index (χ1n) is 4.85. The summed E-state index contributed by atoms with van der Waals surface area (Å²) in [7, 11) is -4.23. The summed E-state index contributed by atoms with van der Waals surface area (Å²) in [6.45, 7) is -0.786. The van der Waals surface area contributed by atoms with E-state index in [9.17, 15) is 34.8 Å². The largest absolute Gasteiger partial charge is 0.416 e. The number of hydrogen-bond acceptors (Lipinski definition) is 2. The van der Waals surface area contributed by atoms with Gasteiger partial charge in [-0.25, -0.2) is 5.14 Å². The van der Waals surface area contributed by atoms with Crippen molar-refractivity contribution in [2.75, 3.05) is 0 Å². The normalized spacial score (nSPS) is 13.6. The van der Waals surface area contributed by atoms with Crippen molar-refractivity contribution >= 4 is 10.2 Å². The molecule has 0 saturated heterocycles. The van der Waals surface area contributed by atoms with E-state index in [2.05, 4.69) is 5.14 Å². The van der Waals surface area contributed by atoms with Crippen LogP contribution in [0.15, 0.2) is 18.2 Å². The van der Waals surface area contributed by atoms with E-state index in [4.69, 9.17) is 0 Å². The molecule has 0 heterocycles. The van der Waals surface area contributed by atoms with Crippen molar-refractivity contribution in [2.45, 2.75) is 18.9 Å². The number of benzene rings is 1. The SMILES string of the molecule is NS(=O)(=O)NCc1cc(C(F)(F)F)cc(C(F)(F)F)c1. The Morgan fingerprint density at radius 2 is 1.35 bits per heavy atom. The van der Waals surface area contributed by atoms with Crippen molar-refractivity contribution in [3.63, 3.8) is 0 Å². The molecule has 1 aromatic carbocycles. The Kier molecular flexibility index (Phi) is 4.36. The molecule has 11 heteroatoms. The number of rotatable bonds is 3. The summed E-state index contributed by atoms with van der Waals surface area (Å²) in [5.41, 5.74) is -3.57. The third-order valence-corrected chi connectivity index (χ3v) is 2.67. The lowest BCUT2D eigenvalue weighted by atomic mass is 10.0. The fourth-order valence-electron chi connectivity index (χ4n) is 1.31. The first kappa shape index (κ1) is 16.7. The Bertz CT molecular complexity index is 561. The van der Waals surface area contributed by atoms with Gasteiger partial charge in [0.2, 0.25) is 0 Å². The minimum atomic E-state index is -4.99. The van der Waals surface area contributed by atoms with Crippen LogP contribution in [0.3, 0.4) is 0 Å². The van der Waals surface area contributed by atoms with Crippen molar-refractivity contribution in [2.24, 2.45) is 5.14 Å². The zero-order valence-electron chi connectivity index (χ0n) is 9.51. The molecule has 114 valence electrons. The molecule has 0 fully saturated rings. The van der Waals surface area contributed by atoms with E-state index in [1.165, 1.54) is 0 Å². The summed E-state index contributed by atoms with van der Waals surface area (Å²) in [6, 6.07) is 0.765. The van der Waals surface area contributed by atoms with Gasteiger partial charge in [-0.3, -0.25) is 0 Å². The predicted octanol–water partition coefficient (Wildman–Crippen LogP) is 2.02. The average molecular weight is 322 g/mol. The molecule has 0 saturated carbocycles. The van der Waals surface area contributed by atoms with Gasteiger partial charge in [-0.15, -0.1) is 0 Å². The van der Waals surface area contributed by atoms with Crippen LogP contribution in [0.1, 0.15) is 16.7 Å². The summed E-state index contributed by atoms with van der Waals surface area (Å²) in [4.78, 5) is 0. The molecule has 0 radical (unpaired) electrons. The van der Waals surface area contributed by atoms with Crippen LogP contribution >= 0.6 is 0 Å². The first-order chi connectivity index (χ1) is 8.79. The summed E-state index contributed by atoms with van der Waals surface area (Å²) >= 11 is 0. The second-order valence-electron chi connectivity index (χ2n) is 3.78. The van der Waals surface area contributed by atoms with Crippen LogP contribution in [0.2, 0.25) is 0 Å². The molecule has 0 atom stereocenters. The van der Waals surface area contributed by atoms with Crippen molar-refractivity contribution < 1.29 is 34.8 Å². The lowest BCUT2D eigenvalue weighted by Crippen LogP contribution is -2.30. The van der Waals surface area contributed by atoms with E-state index in [0.717, 1.165) is 0 Å². The number of hydrogen-bond donors (Lipinski definition) is 2. The predicted molar refractivity (Wildman–Crippen MR) is 56.4 cm³/mol. The molecule has 1 rings (SSSR count). The van der Waals surface area contributed by atoms with Crippen LogP contribution in [-0.2, 0) is 29.1 Å². The van der Waals surface area contributed by atoms with E-state index in [1.807, 2.05) is 0 Å². The second-order valence-corrected chi connectivity index (χ2v) is 5.16. The number of halogens is 6. The molecule has 0 aliphatic rings. The lowest BCUT2D eigenvalue weighted by Gasteiger charge is -2.14. The maximum Gasteiger partial charge on any atom is 0.416 e. The highest BCUT2D eigenvalue weighted by Gasteiger charge is 2.36. The monoisotopic (exact) mass is 322 g/mol. The fraction of sp³-hybridized carbons (Fsp3) is 0.333. The van der Waals surface area contributed by atoms with Crippen LogP contribution in [-0.4, -0.2) is 8.42 Å². The van der Waals surface area contributed by atoms with Gasteiger partial charge in [-0.1, -0.05) is 0 Å². The summed E-state index contributed by atoms with van der Waals surface area (Å²) in [5.74, 6) is 0. The zero-order valence-corrected chi connectivity index (χ0v) is 10.3. The highest BCUT2D eigenvalue weighted by molar-refractivity contribution is 7.87. The van der Waals surface area contributed by atoms with Crippen LogP contribution in [0.25, 0.3) is 0 Å². The molecule has 0 unspecified atom stereocenters. The Morgan fingerprint density at radius 3 is 1.65 bits per heavy atom. The molecule has 0 aliphatic heterocycles. The van der Waals surface area contributed by atoms with Gasteiger partial charge in [-0.2, -0.15) is 39.5 Å². The fourth-order valence-corrected chi connectivity index (χ4v) is 1.67. The zero-order chi connectivity index (χ0) is 15.8. The molecule has 4 nitrogen and oxygen atoms in total. The third kappa shape index (κ3) is 4.98. The maximum atomic E-state index is 12.5. The number of nitrogens with one attached hydrogen (secondary N) is 1. The molecule has 0 spiro atoms. The topological polar surface area (TPSA) is 72.2 Å². The van der Waals surface area contributed by atoms with Crippen molar-refractivity contribution in [3.05, 3.63) is 34.9 Å². The first-order valence-corrected chi connectivity index (χ1v) is 6.39. The number of alkyl halides is 6. The van der Waals surface area contributed by atoms with Crippen LogP contribution in [0.5, 0.6) is 0 Å². The Morgan fingerprint density at radius 1 is 0.950 bits per heavy atom. The van der Waals surface area contributed by atoms with E-state index >= 15 is 0 Å². The highest BCUT2D eigenvalue weighted by atomic mass is 32.2. The molecule has 0 bridgehead atoms. The summed E-state index contributed by atoms with van der Waals surface area (Å²) < 4.78 is 97.7. The van der Waals surface area contributed by atoms with Gasteiger partial charge in [-0.05, 0) is 23.8 Å². The quantitative estimate of drug-likeness (QED) is 0.836. The van der Waals surface area contributed by atoms with E-state index < -0.39 is 45.8 Å². The van der Waals surface area contributed by atoms with Gasteiger partial charge in [0.15, 0.2) is 0 Å². The van der Waals surface area contributed by atoms with Gasteiger partial charge in [0.25, 0.3) is 10.2 Å². The molecule has 3 N–H and O–H groups in total. The molecule has 0 aliphatic carbocycles. The Labute approximate surface area is 109 Å². The van der Waals surface area contributed by atoms with Gasteiger partial charge in [0, 0.05) is 6.54 Å². The molecule has 1 aromatic rings. The van der Waals surface area contributed by atoms with Crippen molar-refractivity contribution in [1.82, 2.24) is 4.72 Å². The smallest absolute Gasteiger partial charge is 0.216 e. The molecule has 0 amide bonds.